The molecule has 7 heteroatoms. The van der Waals surface area contributed by atoms with E-state index in [1.807, 2.05) is 49.5 Å². The van der Waals surface area contributed by atoms with Gasteiger partial charge in [0.05, 0.1) is 0 Å². The fraction of sp³-hybridized carbons (Fsp3) is 0.250. The topological polar surface area (TPSA) is 78.3 Å². The number of aromatic nitrogens is 3. The highest BCUT2D eigenvalue weighted by atomic mass is 16.6. The lowest BCUT2D eigenvalue weighted by Crippen LogP contribution is -2.46. The van der Waals surface area contributed by atoms with Crippen LogP contribution in [0.1, 0.15) is 12.6 Å². The predicted octanol–water partition coefficient (Wildman–Crippen LogP) is 2.69. The van der Waals surface area contributed by atoms with Crippen molar-refractivity contribution in [3.05, 3.63) is 66.6 Å². The van der Waals surface area contributed by atoms with Crippen molar-refractivity contribution in [3.8, 4) is 11.5 Å². The number of nitrogens with zero attached hydrogens (tertiary/aromatic N) is 3. The number of anilines is 1. The number of aryl methyl sites for hydroxylation is 2. The molecule has 2 atom stereocenters. The van der Waals surface area contributed by atoms with Crippen LogP contribution in [-0.2, 0) is 17.8 Å². The smallest absolute Gasteiger partial charge is 0.270 e. The number of amides is 1. The Kier molecular flexibility index (Phi) is 4.74. The summed E-state index contributed by atoms with van der Waals surface area (Å²) in [6.45, 7) is 2.49. The second-order valence-corrected chi connectivity index (χ2v) is 6.33. The van der Waals surface area contributed by atoms with E-state index in [1.54, 1.807) is 23.0 Å². The number of ether oxygens (including phenoxy) is 2. The number of hydrogen-bond donors (Lipinski definition) is 1. The van der Waals surface area contributed by atoms with Gasteiger partial charge in [-0.15, -0.1) is 0 Å². The Labute approximate surface area is 156 Å². The van der Waals surface area contributed by atoms with Gasteiger partial charge in [0.25, 0.3) is 5.91 Å². The SMILES string of the molecule is C[C@@H]1Oc2ccccc2O[C@H]1C(=O)Nc1ccn(CCc2ccccn2)n1. The highest BCUT2D eigenvalue weighted by molar-refractivity contribution is 5.94. The van der Waals surface area contributed by atoms with E-state index in [4.69, 9.17) is 9.47 Å². The Bertz CT molecular complexity index is 926. The molecule has 1 aliphatic heterocycles. The molecule has 1 amide bonds. The van der Waals surface area contributed by atoms with Crippen LogP contribution in [0.25, 0.3) is 0 Å². The Morgan fingerprint density at radius 2 is 1.89 bits per heavy atom. The van der Waals surface area contributed by atoms with Gasteiger partial charge in [0, 0.05) is 37.1 Å². The van der Waals surface area contributed by atoms with Crippen molar-refractivity contribution in [1.29, 1.82) is 0 Å². The molecular formula is C20H20N4O3. The number of nitrogens with one attached hydrogen (secondary N) is 1. The lowest BCUT2D eigenvalue weighted by Gasteiger charge is -2.30. The van der Waals surface area contributed by atoms with Crippen LogP contribution in [0.2, 0.25) is 0 Å². The number of fused-ring (bicyclic) bond motifs is 1. The molecule has 2 aromatic heterocycles. The summed E-state index contributed by atoms with van der Waals surface area (Å²) in [5.74, 6) is 1.41. The summed E-state index contributed by atoms with van der Waals surface area (Å²) in [6, 6.07) is 14.9. The van der Waals surface area contributed by atoms with E-state index in [-0.39, 0.29) is 5.91 Å². The zero-order valence-electron chi connectivity index (χ0n) is 14.9. The molecule has 0 fully saturated rings. The number of rotatable bonds is 5. The van der Waals surface area contributed by atoms with Crippen molar-refractivity contribution >= 4 is 11.7 Å². The quantitative estimate of drug-likeness (QED) is 0.753. The van der Waals surface area contributed by atoms with Gasteiger partial charge in [-0.3, -0.25) is 14.5 Å². The van der Waals surface area contributed by atoms with Crippen molar-refractivity contribution in [3.63, 3.8) is 0 Å². The summed E-state index contributed by atoms with van der Waals surface area (Å²) in [4.78, 5) is 16.9. The molecule has 1 aromatic carbocycles. The minimum absolute atomic E-state index is 0.285. The number of carbonyl (C=O) groups excluding carboxylic acids is 1. The summed E-state index contributed by atoms with van der Waals surface area (Å²) in [6.07, 6.45) is 3.23. The van der Waals surface area contributed by atoms with Gasteiger partial charge in [0.2, 0.25) is 6.10 Å². The maximum Gasteiger partial charge on any atom is 0.270 e. The van der Waals surface area contributed by atoms with Crippen LogP contribution in [0, 0.1) is 0 Å². The first-order chi connectivity index (χ1) is 13.2. The maximum absolute atomic E-state index is 12.6. The van der Waals surface area contributed by atoms with Crippen LogP contribution in [0.15, 0.2) is 60.9 Å². The van der Waals surface area contributed by atoms with Crippen molar-refractivity contribution < 1.29 is 14.3 Å². The average molecular weight is 364 g/mol. The molecule has 0 bridgehead atoms. The highest BCUT2D eigenvalue weighted by Crippen LogP contribution is 2.33. The summed E-state index contributed by atoms with van der Waals surface area (Å²) in [7, 11) is 0. The average Bonchev–Trinajstić information content (AvgIpc) is 3.14. The van der Waals surface area contributed by atoms with Gasteiger partial charge in [0.1, 0.15) is 6.10 Å². The Morgan fingerprint density at radius 3 is 2.67 bits per heavy atom. The van der Waals surface area contributed by atoms with Crippen molar-refractivity contribution in [1.82, 2.24) is 14.8 Å². The zero-order valence-corrected chi connectivity index (χ0v) is 14.9. The van der Waals surface area contributed by atoms with Crippen LogP contribution >= 0.6 is 0 Å². The zero-order chi connectivity index (χ0) is 18.6. The van der Waals surface area contributed by atoms with Gasteiger partial charge in [-0.2, -0.15) is 5.10 Å². The summed E-state index contributed by atoms with van der Waals surface area (Å²) < 4.78 is 13.4. The van der Waals surface area contributed by atoms with Crippen molar-refractivity contribution in [2.45, 2.75) is 32.1 Å². The summed E-state index contributed by atoms with van der Waals surface area (Å²) >= 11 is 0. The Morgan fingerprint density at radius 1 is 1.11 bits per heavy atom. The van der Waals surface area contributed by atoms with Crippen LogP contribution in [-0.4, -0.2) is 32.9 Å². The number of benzene rings is 1. The molecule has 4 rings (SSSR count). The van der Waals surface area contributed by atoms with Gasteiger partial charge in [-0.05, 0) is 31.2 Å². The Hall–Kier alpha value is -3.35. The number of carbonyl (C=O) groups is 1. The number of hydrogen-bond acceptors (Lipinski definition) is 5. The number of para-hydroxylation sites is 2. The van der Waals surface area contributed by atoms with Crippen LogP contribution in [0.3, 0.4) is 0 Å². The van der Waals surface area contributed by atoms with Crippen LogP contribution in [0.4, 0.5) is 5.82 Å². The van der Waals surface area contributed by atoms with E-state index >= 15 is 0 Å². The number of pyridine rings is 1. The van der Waals surface area contributed by atoms with Crippen molar-refractivity contribution in [2.75, 3.05) is 5.32 Å². The molecule has 0 spiro atoms. The molecule has 138 valence electrons. The molecule has 1 aliphatic rings. The highest BCUT2D eigenvalue weighted by Gasteiger charge is 2.34. The molecule has 7 nitrogen and oxygen atoms in total. The molecule has 0 unspecified atom stereocenters. The van der Waals surface area contributed by atoms with E-state index in [9.17, 15) is 4.79 Å². The fourth-order valence-corrected chi connectivity index (χ4v) is 2.93. The van der Waals surface area contributed by atoms with E-state index in [1.165, 1.54) is 0 Å². The normalized spacial score (nSPS) is 18.1. The second-order valence-electron chi connectivity index (χ2n) is 6.33. The first kappa shape index (κ1) is 17.1. The third-order valence-corrected chi connectivity index (χ3v) is 4.32. The molecule has 0 radical (unpaired) electrons. The largest absolute Gasteiger partial charge is 0.482 e. The molecule has 0 saturated heterocycles. The van der Waals surface area contributed by atoms with Gasteiger partial charge in [-0.1, -0.05) is 18.2 Å². The predicted molar refractivity (Wildman–Crippen MR) is 99.7 cm³/mol. The van der Waals surface area contributed by atoms with E-state index in [0.29, 0.717) is 23.9 Å². The first-order valence-electron chi connectivity index (χ1n) is 8.85. The van der Waals surface area contributed by atoms with Gasteiger partial charge < -0.3 is 14.8 Å². The summed E-state index contributed by atoms with van der Waals surface area (Å²) in [5, 5.41) is 7.19. The van der Waals surface area contributed by atoms with E-state index in [2.05, 4.69) is 15.4 Å². The lowest BCUT2D eigenvalue weighted by molar-refractivity contribution is -0.128. The second kappa shape index (κ2) is 7.49. The summed E-state index contributed by atoms with van der Waals surface area (Å²) in [5.41, 5.74) is 0.999. The fourth-order valence-electron chi connectivity index (χ4n) is 2.93. The molecular weight excluding hydrogens is 344 g/mol. The molecule has 1 N–H and O–H groups in total. The minimum atomic E-state index is -0.737. The monoisotopic (exact) mass is 364 g/mol. The Balaban J connectivity index is 1.37. The third-order valence-electron chi connectivity index (χ3n) is 4.32. The van der Waals surface area contributed by atoms with Gasteiger partial charge >= 0.3 is 0 Å². The van der Waals surface area contributed by atoms with Crippen molar-refractivity contribution in [2.24, 2.45) is 0 Å². The standard InChI is InChI=1S/C20H20N4O3/c1-14-19(27-17-8-3-2-7-16(17)26-14)20(25)22-18-10-13-24(23-18)12-9-15-6-4-5-11-21-15/h2-8,10-11,13-14,19H,9,12H2,1H3,(H,22,23,25)/t14-,19+/m0/s1. The van der Waals surface area contributed by atoms with Crippen LogP contribution < -0.4 is 14.8 Å². The molecule has 0 saturated carbocycles. The molecule has 0 aliphatic carbocycles. The van der Waals surface area contributed by atoms with Crippen LogP contribution in [0.5, 0.6) is 11.5 Å². The first-order valence-corrected chi connectivity index (χ1v) is 8.85. The van der Waals surface area contributed by atoms with E-state index in [0.717, 1.165) is 12.1 Å². The minimum Gasteiger partial charge on any atom is -0.482 e. The molecule has 3 aromatic rings. The molecule has 3 heterocycles. The van der Waals surface area contributed by atoms with Gasteiger partial charge in [-0.25, -0.2) is 0 Å². The third kappa shape index (κ3) is 3.92. The maximum atomic E-state index is 12.6. The van der Waals surface area contributed by atoms with Gasteiger partial charge in [0.15, 0.2) is 17.3 Å². The molecule has 27 heavy (non-hydrogen) atoms. The lowest BCUT2D eigenvalue weighted by atomic mass is 10.1. The van der Waals surface area contributed by atoms with E-state index < -0.39 is 12.2 Å².